The van der Waals surface area contributed by atoms with Gasteiger partial charge in [0.15, 0.2) is 14.0 Å². The quantitative estimate of drug-likeness (QED) is 0.586. The lowest BCUT2D eigenvalue weighted by Crippen LogP contribution is -2.30. The van der Waals surface area contributed by atoms with Crippen LogP contribution in [0.3, 0.4) is 0 Å². The Bertz CT molecular complexity index is 302. The highest BCUT2D eigenvalue weighted by Gasteiger charge is 2.35. The first kappa shape index (κ1) is 8.81. The Morgan fingerprint density at radius 3 is 2.18 bits per heavy atom. The van der Waals surface area contributed by atoms with Gasteiger partial charge in [-0.15, -0.1) is 0 Å². The first-order chi connectivity index (χ1) is 4.96. The summed E-state index contributed by atoms with van der Waals surface area (Å²) in [5, 5.41) is 0. The second kappa shape index (κ2) is 2.64. The van der Waals surface area contributed by atoms with Gasteiger partial charge in [-0.25, -0.2) is 8.42 Å². The lowest BCUT2D eigenvalue weighted by atomic mass is 10.2. The molecule has 0 aromatic rings. The van der Waals surface area contributed by atoms with E-state index in [-0.39, 0.29) is 0 Å². The molecule has 0 aliphatic heterocycles. The molecule has 1 atom stereocenters. The second-order valence-electron chi connectivity index (χ2n) is 2.38. The van der Waals surface area contributed by atoms with Gasteiger partial charge in [0, 0.05) is 12.7 Å². The van der Waals surface area contributed by atoms with Gasteiger partial charge in [0.25, 0.3) is 0 Å². The molecule has 11 heavy (non-hydrogen) atoms. The van der Waals surface area contributed by atoms with E-state index in [0.29, 0.717) is 0 Å². The summed E-state index contributed by atoms with van der Waals surface area (Å²) in [5.74, 6) is 0. The molecular formula is C7H8ClO2S. The second-order valence-corrected chi connectivity index (χ2v) is 5.45. The molecule has 1 aliphatic carbocycles. The minimum atomic E-state index is -3.25. The summed E-state index contributed by atoms with van der Waals surface area (Å²) in [6.45, 7) is 0. The highest BCUT2D eigenvalue weighted by molar-refractivity contribution is 7.93. The van der Waals surface area contributed by atoms with E-state index < -0.39 is 14.0 Å². The topological polar surface area (TPSA) is 34.1 Å². The van der Waals surface area contributed by atoms with E-state index in [1.54, 1.807) is 18.2 Å². The molecule has 1 radical (unpaired) electrons. The Morgan fingerprint density at radius 1 is 1.27 bits per heavy atom. The van der Waals surface area contributed by atoms with Crippen LogP contribution in [-0.4, -0.2) is 18.9 Å². The van der Waals surface area contributed by atoms with Crippen molar-refractivity contribution in [2.75, 3.05) is 6.26 Å². The number of allylic oxidation sites excluding steroid dienone is 3. The standard InChI is InChI=1S/C7H8ClO2S/c1-11(9,10)7(8)5-3-2-4-6-7/h2-6H,1H3. The fourth-order valence-corrected chi connectivity index (χ4v) is 1.54. The molecule has 0 spiro atoms. The number of alkyl halides is 1. The van der Waals surface area contributed by atoms with Crippen molar-refractivity contribution in [1.29, 1.82) is 0 Å². The molecule has 0 amide bonds. The smallest absolute Gasteiger partial charge is 0.171 e. The molecular weight excluding hydrogens is 184 g/mol. The zero-order chi connectivity index (χ0) is 8.54. The molecule has 1 rings (SSSR count). The molecule has 4 heteroatoms. The molecule has 0 N–H and O–H groups in total. The molecule has 61 valence electrons. The molecule has 0 saturated carbocycles. The lowest BCUT2D eigenvalue weighted by Gasteiger charge is -2.20. The van der Waals surface area contributed by atoms with Gasteiger partial charge < -0.3 is 0 Å². The van der Waals surface area contributed by atoms with Gasteiger partial charge >= 0.3 is 0 Å². The average molecular weight is 192 g/mol. The monoisotopic (exact) mass is 191 g/mol. The maximum atomic E-state index is 11.1. The van der Waals surface area contributed by atoms with Gasteiger partial charge in [0.2, 0.25) is 0 Å². The SMILES string of the molecule is CS(=O)(=O)C1(Cl)[CH]C=CC=C1. The van der Waals surface area contributed by atoms with Crippen molar-refractivity contribution in [2.24, 2.45) is 0 Å². The Balaban J connectivity index is 3.04. The predicted molar refractivity (Wildman–Crippen MR) is 46.0 cm³/mol. The van der Waals surface area contributed by atoms with Crippen molar-refractivity contribution >= 4 is 21.4 Å². The Kier molecular flexibility index (Phi) is 2.12. The molecule has 0 aromatic heterocycles. The van der Waals surface area contributed by atoms with Crippen LogP contribution in [0.2, 0.25) is 0 Å². The van der Waals surface area contributed by atoms with E-state index in [1.165, 1.54) is 12.5 Å². The first-order valence-electron chi connectivity index (χ1n) is 3.05. The summed E-state index contributed by atoms with van der Waals surface area (Å²) in [6, 6.07) is 0. The third-order valence-corrected chi connectivity index (χ3v) is 3.94. The van der Waals surface area contributed by atoms with E-state index in [0.717, 1.165) is 6.26 Å². The fraction of sp³-hybridized carbons (Fsp3) is 0.286. The van der Waals surface area contributed by atoms with Gasteiger partial charge in [0.05, 0.1) is 0 Å². The summed E-state index contributed by atoms with van der Waals surface area (Å²) >= 11 is 5.77. The zero-order valence-electron chi connectivity index (χ0n) is 5.99. The van der Waals surface area contributed by atoms with Gasteiger partial charge in [-0.05, 0) is 6.08 Å². The van der Waals surface area contributed by atoms with Crippen LogP contribution < -0.4 is 0 Å². The van der Waals surface area contributed by atoms with E-state index in [4.69, 9.17) is 11.6 Å². The third-order valence-electron chi connectivity index (χ3n) is 1.44. The van der Waals surface area contributed by atoms with Crippen LogP contribution in [0, 0.1) is 6.42 Å². The molecule has 0 bridgehead atoms. The van der Waals surface area contributed by atoms with Crippen LogP contribution in [0.15, 0.2) is 24.3 Å². The van der Waals surface area contributed by atoms with Crippen molar-refractivity contribution < 1.29 is 8.42 Å². The summed E-state index contributed by atoms with van der Waals surface area (Å²) in [5.41, 5.74) is 0. The normalized spacial score (nSPS) is 30.7. The van der Waals surface area contributed by atoms with E-state index in [9.17, 15) is 8.42 Å². The Morgan fingerprint density at radius 2 is 1.91 bits per heavy atom. The zero-order valence-corrected chi connectivity index (χ0v) is 7.56. The molecule has 1 unspecified atom stereocenters. The highest BCUT2D eigenvalue weighted by atomic mass is 35.5. The van der Waals surface area contributed by atoms with Gasteiger partial charge in [-0.2, -0.15) is 0 Å². The third kappa shape index (κ3) is 1.65. The van der Waals surface area contributed by atoms with Gasteiger partial charge in [0.1, 0.15) is 0 Å². The minimum absolute atomic E-state index is 1.11. The largest absolute Gasteiger partial charge is 0.227 e. The fourth-order valence-electron chi connectivity index (χ4n) is 0.740. The van der Waals surface area contributed by atoms with Crippen molar-refractivity contribution in [1.82, 2.24) is 0 Å². The maximum Gasteiger partial charge on any atom is 0.171 e. The summed E-state index contributed by atoms with van der Waals surface area (Å²) < 4.78 is 20.8. The van der Waals surface area contributed by atoms with E-state index in [2.05, 4.69) is 0 Å². The van der Waals surface area contributed by atoms with E-state index >= 15 is 0 Å². The van der Waals surface area contributed by atoms with Gasteiger partial charge in [-0.1, -0.05) is 29.8 Å². The first-order valence-corrected chi connectivity index (χ1v) is 5.31. The summed E-state index contributed by atoms with van der Waals surface area (Å²) in [4.78, 5) is 0. The predicted octanol–water partition coefficient (Wildman–Crippen LogP) is 1.30. The van der Waals surface area contributed by atoms with Crippen LogP contribution in [-0.2, 0) is 9.84 Å². The van der Waals surface area contributed by atoms with Gasteiger partial charge in [-0.3, -0.25) is 0 Å². The van der Waals surface area contributed by atoms with Crippen LogP contribution in [0.25, 0.3) is 0 Å². The van der Waals surface area contributed by atoms with Crippen LogP contribution in [0.1, 0.15) is 0 Å². The molecule has 0 saturated heterocycles. The molecule has 2 nitrogen and oxygen atoms in total. The Labute approximate surface area is 71.5 Å². The molecule has 0 fully saturated rings. The van der Waals surface area contributed by atoms with Crippen molar-refractivity contribution in [3.05, 3.63) is 30.7 Å². The highest BCUT2D eigenvalue weighted by Crippen LogP contribution is 2.29. The number of hydrogen-bond acceptors (Lipinski definition) is 2. The van der Waals surface area contributed by atoms with Crippen LogP contribution >= 0.6 is 11.6 Å². The molecule has 0 aromatic carbocycles. The number of sulfone groups is 1. The number of rotatable bonds is 1. The van der Waals surface area contributed by atoms with E-state index in [1.807, 2.05) is 0 Å². The van der Waals surface area contributed by atoms with Crippen molar-refractivity contribution in [3.8, 4) is 0 Å². The summed E-state index contributed by atoms with van der Waals surface area (Å²) in [7, 11) is -3.25. The molecule has 0 heterocycles. The Hall–Kier alpha value is -0.280. The lowest BCUT2D eigenvalue weighted by molar-refractivity contribution is 0.594. The summed E-state index contributed by atoms with van der Waals surface area (Å²) in [6.07, 6.45) is 8.97. The van der Waals surface area contributed by atoms with Crippen LogP contribution in [0.5, 0.6) is 0 Å². The number of halogens is 1. The van der Waals surface area contributed by atoms with Crippen molar-refractivity contribution in [2.45, 2.75) is 4.21 Å². The van der Waals surface area contributed by atoms with Crippen LogP contribution in [0.4, 0.5) is 0 Å². The number of hydrogen-bond donors (Lipinski definition) is 0. The van der Waals surface area contributed by atoms with Crippen molar-refractivity contribution in [3.63, 3.8) is 0 Å². The average Bonchev–Trinajstić information content (AvgIpc) is 1.87. The minimum Gasteiger partial charge on any atom is -0.227 e. The molecule has 1 aliphatic rings. The maximum absolute atomic E-state index is 11.1.